The van der Waals surface area contributed by atoms with E-state index >= 15 is 0 Å². The second kappa shape index (κ2) is 5.35. The second-order valence-electron chi connectivity index (χ2n) is 5.85. The van der Waals surface area contributed by atoms with Gasteiger partial charge in [-0.1, -0.05) is 31.4 Å². The van der Waals surface area contributed by atoms with Crippen LogP contribution in [-0.2, 0) is 0 Å². The number of aromatic nitrogens is 3. The number of para-hydroxylation sites is 1. The fraction of sp³-hybridized carbons (Fsp3) is 0.412. The van der Waals surface area contributed by atoms with Crippen LogP contribution in [0.25, 0.3) is 16.6 Å². The van der Waals surface area contributed by atoms with Crippen molar-refractivity contribution in [1.82, 2.24) is 14.6 Å². The first-order valence-electron chi connectivity index (χ1n) is 7.77. The summed E-state index contributed by atoms with van der Waals surface area (Å²) in [4.78, 5) is 4.63. The van der Waals surface area contributed by atoms with Gasteiger partial charge in [0, 0.05) is 6.07 Å². The van der Waals surface area contributed by atoms with E-state index < -0.39 is 0 Å². The summed E-state index contributed by atoms with van der Waals surface area (Å²) in [5.41, 5.74) is 1.89. The van der Waals surface area contributed by atoms with Gasteiger partial charge in [0.05, 0.1) is 23.7 Å². The van der Waals surface area contributed by atoms with Gasteiger partial charge in [0.2, 0.25) is 5.88 Å². The molecule has 0 bridgehead atoms. The average Bonchev–Trinajstić information content (AvgIpc) is 3.02. The molecule has 0 radical (unpaired) electrons. The molecule has 1 aliphatic carbocycles. The number of ether oxygens (including phenoxy) is 1. The molecule has 0 unspecified atom stereocenters. The Kier molecular flexibility index (Phi) is 3.22. The van der Waals surface area contributed by atoms with Crippen molar-refractivity contribution >= 4 is 16.6 Å². The summed E-state index contributed by atoms with van der Waals surface area (Å²) in [6.07, 6.45) is 8.40. The van der Waals surface area contributed by atoms with Gasteiger partial charge < -0.3 is 4.74 Å². The zero-order valence-corrected chi connectivity index (χ0v) is 12.0. The Labute approximate surface area is 123 Å². The first kappa shape index (κ1) is 12.6. The predicted octanol–water partition coefficient (Wildman–Crippen LogP) is 3.84. The summed E-state index contributed by atoms with van der Waals surface area (Å²) < 4.78 is 7.95. The van der Waals surface area contributed by atoms with E-state index in [9.17, 15) is 0 Å². The number of hydrogen-bond acceptors (Lipinski definition) is 3. The van der Waals surface area contributed by atoms with Crippen LogP contribution in [0.1, 0.15) is 32.1 Å². The van der Waals surface area contributed by atoms with Crippen LogP contribution in [-0.4, -0.2) is 21.2 Å². The van der Waals surface area contributed by atoms with E-state index in [1.54, 1.807) is 6.20 Å². The Morgan fingerprint density at radius 1 is 1.10 bits per heavy atom. The average molecular weight is 281 g/mol. The Balaban J connectivity index is 1.68. The van der Waals surface area contributed by atoms with E-state index in [2.05, 4.69) is 22.2 Å². The smallest absolute Gasteiger partial charge is 0.225 e. The fourth-order valence-corrected chi connectivity index (χ4v) is 3.23. The predicted molar refractivity (Wildman–Crippen MR) is 82.6 cm³/mol. The molecule has 1 aromatic carbocycles. The Morgan fingerprint density at radius 3 is 2.86 bits per heavy atom. The van der Waals surface area contributed by atoms with Crippen molar-refractivity contribution in [2.24, 2.45) is 5.92 Å². The van der Waals surface area contributed by atoms with Crippen LogP contribution in [0.5, 0.6) is 5.88 Å². The quantitative estimate of drug-likeness (QED) is 0.732. The van der Waals surface area contributed by atoms with Crippen molar-refractivity contribution in [1.29, 1.82) is 0 Å². The molecule has 4 heteroatoms. The Hall–Kier alpha value is -2.10. The molecule has 1 fully saturated rings. The summed E-state index contributed by atoms with van der Waals surface area (Å²) in [5, 5.41) is 5.37. The third-order valence-electron chi connectivity index (χ3n) is 4.38. The van der Waals surface area contributed by atoms with Gasteiger partial charge in [0.1, 0.15) is 0 Å². The Morgan fingerprint density at radius 2 is 1.95 bits per heavy atom. The number of rotatable bonds is 3. The normalized spacial score (nSPS) is 16.6. The van der Waals surface area contributed by atoms with Gasteiger partial charge in [-0.15, -0.1) is 0 Å². The van der Waals surface area contributed by atoms with Crippen molar-refractivity contribution in [3.8, 4) is 5.88 Å². The van der Waals surface area contributed by atoms with Crippen molar-refractivity contribution in [3.05, 3.63) is 36.5 Å². The molecule has 2 heterocycles. The van der Waals surface area contributed by atoms with Crippen molar-refractivity contribution in [2.75, 3.05) is 6.61 Å². The molecule has 0 saturated heterocycles. The summed E-state index contributed by atoms with van der Waals surface area (Å²) in [5.74, 6) is 1.42. The Bertz CT molecular complexity index is 759. The van der Waals surface area contributed by atoms with Gasteiger partial charge in [-0.2, -0.15) is 10.1 Å². The van der Waals surface area contributed by atoms with E-state index in [0.717, 1.165) is 29.0 Å². The standard InChI is InChI=1S/C17H19N3O/c1-2-6-13(7-3-1)12-21-17-14-8-4-5-9-15(14)20-16(19-17)10-11-18-20/h4-5,8-11,13H,1-3,6-7,12H2. The zero-order chi connectivity index (χ0) is 14.1. The highest BCUT2D eigenvalue weighted by molar-refractivity contribution is 5.85. The van der Waals surface area contributed by atoms with Crippen molar-refractivity contribution in [2.45, 2.75) is 32.1 Å². The lowest BCUT2D eigenvalue weighted by Crippen LogP contribution is -2.16. The number of benzene rings is 1. The highest BCUT2D eigenvalue weighted by Crippen LogP contribution is 2.28. The number of hydrogen-bond donors (Lipinski definition) is 0. The van der Waals surface area contributed by atoms with Crippen LogP contribution in [0.4, 0.5) is 0 Å². The molecule has 1 aliphatic rings. The third-order valence-corrected chi connectivity index (χ3v) is 4.38. The first-order chi connectivity index (χ1) is 10.4. The molecule has 4 rings (SSSR count). The molecule has 3 aromatic rings. The molecule has 2 aromatic heterocycles. The van der Waals surface area contributed by atoms with Gasteiger partial charge in [-0.05, 0) is 30.9 Å². The van der Waals surface area contributed by atoms with Gasteiger partial charge in [0.25, 0.3) is 0 Å². The summed E-state index contributed by atoms with van der Waals surface area (Å²) in [6.45, 7) is 0.779. The van der Waals surface area contributed by atoms with Crippen LogP contribution >= 0.6 is 0 Å². The lowest BCUT2D eigenvalue weighted by Gasteiger charge is -2.21. The molecule has 0 atom stereocenters. The first-order valence-corrected chi connectivity index (χ1v) is 7.77. The fourth-order valence-electron chi connectivity index (χ4n) is 3.23. The molecule has 108 valence electrons. The minimum atomic E-state index is 0.681. The largest absolute Gasteiger partial charge is 0.477 e. The second-order valence-corrected chi connectivity index (χ2v) is 5.85. The van der Waals surface area contributed by atoms with E-state index in [-0.39, 0.29) is 0 Å². The van der Waals surface area contributed by atoms with E-state index in [1.165, 1.54) is 32.1 Å². The van der Waals surface area contributed by atoms with E-state index in [1.807, 2.05) is 22.7 Å². The van der Waals surface area contributed by atoms with Crippen molar-refractivity contribution < 1.29 is 4.74 Å². The highest BCUT2D eigenvalue weighted by atomic mass is 16.5. The molecular formula is C17H19N3O. The van der Waals surface area contributed by atoms with Crippen LogP contribution < -0.4 is 4.74 Å². The zero-order valence-electron chi connectivity index (χ0n) is 12.0. The monoisotopic (exact) mass is 281 g/mol. The van der Waals surface area contributed by atoms with Gasteiger partial charge in [0.15, 0.2) is 5.65 Å². The SMILES string of the molecule is c1ccc2c(c1)c(OCC1CCCCC1)nc1ccnn12. The minimum Gasteiger partial charge on any atom is -0.477 e. The number of nitrogens with zero attached hydrogens (tertiary/aromatic N) is 3. The van der Waals surface area contributed by atoms with Crippen LogP contribution in [0.2, 0.25) is 0 Å². The third kappa shape index (κ3) is 2.35. The van der Waals surface area contributed by atoms with Gasteiger partial charge >= 0.3 is 0 Å². The van der Waals surface area contributed by atoms with Crippen molar-refractivity contribution in [3.63, 3.8) is 0 Å². The molecule has 4 nitrogen and oxygen atoms in total. The molecule has 21 heavy (non-hydrogen) atoms. The summed E-state index contributed by atoms with van der Waals surface area (Å²) in [7, 11) is 0. The number of fused-ring (bicyclic) bond motifs is 3. The molecule has 1 saturated carbocycles. The maximum Gasteiger partial charge on any atom is 0.225 e. The molecule has 0 amide bonds. The van der Waals surface area contributed by atoms with E-state index in [4.69, 9.17) is 4.74 Å². The summed E-state index contributed by atoms with van der Waals surface area (Å²) >= 11 is 0. The molecule has 0 spiro atoms. The van der Waals surface area contributed by atoms with E-state index in [0.29, 0.717) is 5.92 Å². The molecule has 0 N–H and O–H groups in total. The van der Waals surface area contributed by atoms with Gasteiger partial charge in [-0.3, -0.25) is 0 Å². The topological polar surface area (TPSA) is 39.4 Å². The maximum absolute atomic E-state index is 6.08. The maximum atomic E-state index is 6.08. The van der Waals surface area contributed by atoms with Crippen LogP contribution in [0.15, 0.2) is 36.5 Å². The molecule has 0 aliphatic heterocycles. The van der Waals surface area contributed by atoms with Crippen LogP contribution in [0.3, 0.4) is 0 Å². The lowest BCUT2D eigenvalue weighted by molar-refractivity contribution is 0.205. The lowest BCUT2D eigenvalue weighted by atomic mass is 9.90. The minimum absolute atomic E-state index is 0.681. The van der Waals surface area contributed by atoms with Gasteiger partial charge in [-0.25, -0.2) is 4.52 Å². The highest BCUT2D eigenvalue weighted by Gasteiger charge is 2.16. The van der Waals surface area contributed by atoms with Crippen LogP contribution in [0, 0.1) is 5.92 Å². The molecular weight excluding hydrogens is 262 g/mol. The summed E-state index contributed by atoms with van der Waals surface area (Å²) in [6, 6.07) is 10.1.